The fraction of sp³-hybridized carbons (Fsp3) is 0.312. The van der Waals surface area contributed by atoms with Crippen LogP contribution in [-0.2, 0) is 17.8 Å². The Morgan fingerprint density at radius 1 is 1.29 bits per heavy atom. The smallest absolute Gasteiger partial charge is 0.253 e. The summed E-state index contributed by atoms with van der Waals surface area (Å²) >= 11 is 0. The van der Waals surface area contributed by atoms with Gasteiger partial charge in [-0.1, -0.05) is 24.6 Å². The predicted octanol–water partition coefficient (Wildman–Crippen LogP) is 2.06. The molecule has 0 aliphatic heterocycles. The van der Waals surface area contributed by atoms with E-state index in [0.717, 1.165) is 22.5 Å². The maximum Gasteiger partial charge on any atom is 0.253 e. The normalized spacial score (nSPS) is 10.4. The van der Waals surface area contributed by atoms with Gasteiger partial charge in [0.2, 0.25) is 5.91 Å². The number of nitrogens with zero attached hydrogens (tertiary/aromatic N) is 2. The highest BCUT2D eigenvalue weighted by Crippen LogP contribution is 2.15. The third-order valence-corrected chi connectivity index (χ3v) is 3.27. The molecule has 2 aromatic rings. The quantitative estimate of drug-likeness (QED) is 0.935. The van der Waals surface area contributed by atoms with Crippen LogP contribution in [0.15, 0.2) is 35.4 Å². The fourth-order valence-corrected chi connectivity index (χ4v) is 2.07. The minimum Gasteiger partial charge on any atom is -0.324 e. The molecule has 1 heterocycles. The maximum atomic E-state index is 12.0. The van der Waals surface area contributed by atoms with Crippen molar-refractivity contribution in [3.63, 3.8) is 0 Å². The van der Waals surface area contributed by atoms with Crippen molar-refractivity contribution < 1.29 is 4.79 Å². The number of carbonyl (C=O) groups excluding carboxylic acids is 1. The van der Waals surface area contributed by atoms with E-state index in [4.69, 9.17) is 0 Å². The van der Waals surface area contributed by atoms with Gasteiger partial charge in [-0.2, -0.15) is 0 Å². The molecular formula is C16H19N3O2. The lowest BCUT2D eigenvalue weighted by Gasteiger charge is -2.10. The highest BCUT2D eigenvalue weighted by atomic mass is 16.2. The van der Waals surface area contributed by atoms with Gasteiger partial charge in [-0.05, 0) is 31.9 Å². The maximum absolute atomic E-state index is 12.0. The zero-order valence-corrected chi connectivity index (χ0v) is 12.5. The molecule has 21 heavy (non-hydrogen) atoms. The van der Waals surface area contributed by atoms with Crippen molar-refractivity contribution in [3.05, 3.63) is 57.8 Å². The molecule has 5 nitrogen and oxygen atoms in total. The topological polar surface area (TPSA) is 64.0 Å². The summed E-state index contributed by atoms with van der Waals surface area (Å²) in [6.45, 7) is 5.83. The van der Waals surface area contributed by atoms with Crippen molar-refractivity contribution in [1.29, 1.82) is 0 Å². The minimum absolute atomic E-state index is 0.0385. The Kier molecular flexibility index (Phi) is 4.52. The van der Waals surface area contributed by atoms with Crippen LogP contribution in [0.5, 0.6) is 0 Å². The van der Waals surface area contributed by atoms with E-state index in [1.807, 2.05) is 39.0 Å². The van der Waals surface area contributed by atoms with E-state index in [1.54, 1.807) is 0 Å². The molecule has 0 radical (unpaired) electrons. The number of rotatable bonds is 4. The zero-order valence-electron chi connectivity index (χ0n) is 12.5. The lowest BCUT2D eigenvalue weighted by atomic mass is 10.1. The predicted molar refractivity (Wildman–Crippen MR) is 82.4 cm³/mol. The van der Waals surface area contributed by atoms with Crippen LogP contribution in [0.2, 0.25) is 0 Å². The van der Waals surface area contributed by atoms with Crippen LogP contribution in [0.4, 0.5) is 5.69 Å². The summed E-state index contributed by atoms with van der Waals surface area (Å²) in [5.74, 6) is -0.241. The summed E-state index contributed by atoms with van der Waals surface area (Å²) < 4.78 is 1.30. The first kappa shape index (κ1) is 15.0. The van der Waals surface area contributed by atoms with Crippen LogP contribution in [0, 0.1) is 13.8 Å². The highest BCUT2D eigenvalue weighted by molar-refractivity contribution is 5.91. The number of nitrogens with one attached hydrogen (secondary N) is 1. The Labute approximate surface area is 123 Å². The molecule has 1 amide bonds. The first-order chi connectivity index (χ1) is 9.99. The third-order valence-electron chi connectivity index (χ3n) is 3.27. The molecule has 0 fully saturated rings. The Bertz CT molecular complexity index is 720. The average Bonchev–Trinajstić information content (AvgIpc) is 2.44. The molecule has 0 saturated heterocycles. The monoisotopic (exact) mass is 285 g/mol. The molecule has 1 N–H and O–H groups in total. The van der Waals surface area contributed by atoms with Crippen LogP contribution in [0.3, 0.4) is 0 Å². The van der Waals surface area contributed by atoms with Gasteiger partial charge >= 0.3 is 0 Å². The largest absolute Gasteiger partial charge is 0.324 e. The summed E-state index contributed by atoms with van der Waals surface area (Å²) in [5, 5.41) is 2.82. The van der Waals surface area contributed by atoms with Gasteiger partial charge in [0.05, 0.1) is 6.33 Å². The number of aryl methyl sites for hydroxylation is 3. The number of hydrogen-bond donors (Lipinski definition) is 1. The molecule has 5 heteroatoms. The van der Waals surface area contributed by atoms with Gasteiger partial charge in [0.15, 0.2) is 0 Å². The molecule has 0 saturated carbocycles. The summed E-state index contributed by atoms with van der Waals surface area (Å²) in [4.78, 5) is 28.0. The second-order valence-corrected chi connectivity index (χ2v) is 5.07. The Hall–Kier alpha value is -2.43. The van der Waals surface area contributed by atoms with Crippen molar-refractivity contribution in [2.45, 2.75) is 33.7 Å². The van der Waals surface area contributed by atoms with Gasteiger partial charge in [0.1, 0.15) is 6.54 Å². The Balaban J connectivity index is 2.10. The molecule has 0 unspecified atom stereocenters. The minimum atomic E-state index is -0.241. The van der Waals surface area contributed by atoms with E-state index in [2.05, 4.69) is 10.3 Å². The number of amides is 1. The van der Waals surface area contributed by atoms with Crippen molar-refractivity contribution in [1.82, 2.24) is 9.55 Å². The SMILES string of the molecule is CCc1cc(=O)n(CC(=O)Nc2ccc(C)cc2C)cn1. The molecular weight excluding hydrogens is 266 g/mol. The van der Waals surface area contributed by atoms with Gasteiger partial charge in [-0.15, -0.1) is 0 Å². The summed E-state index contributed by atoms with van der Waals surface area (Å²) in [6.07, 6.45) is 2.12. The van der Waals surface area contributed by atoms with Gasteiger partial charge in [0, 0.05) is 17.4 Å². The fourth-order valence-electron chi connectivity index (χ4n) is 2.07. The summed E-state index contributed by atoms with van der Waals surface area (Å²) in [5.41, 5.74) is 3.41. The molecule has 110 valence electrons. The first-order valence-corrected chi connectivity index (χ1v) is 6.92. The molecule has 0 spiro atoms. The molecule has 0 atom stereocenters. The number of anilines is 1. The van der Waals surface area contributed by atoms with E-state index in [0.29, 0.717) is 6.42 Å². The molecule has 0 aliphatic carbocycles. The van der Waals surface area contributed by atoms with E-state index < -0.39 is 0 Å². The number of hydrogen-bond acceptors (Lipinski definition) is 3. The van der Waals surface area contributed by atoms with Crippen molar-refractivity contribution in [2.75, 3.05) is 5.32 Å². The second-order valence-electron chi connectivity index (χ2n) is 5.07. The van der Waals surface area contributed by atoms with Gasteiger partial charge in [-0.25, -0.2) is 4.98 Å². The van der Waals surface area contributed by atoms with Crippen LogP contribution in [0.25, 0.3) is 0 Å². The van der Waals surface area contributed by atoms with E-state index in [1.165, 1.54) is 17.0 Å². The summed E-state index contributed by atoms with van der Waals surface area (Å²) in [7, 11) is 0. The molecule has 0 aliphatic rings. The standard InChI is InChI=1S/C16H19N3O2/c1-4-13-8-16(21)19(10-17-13)9-15(20)18-14-6-5-11(2)7-12(14)3/h5-8,10H,4,9H2,1-3H3,(H,18,20). The van der Waals surface area contributed by atoms with Crippen LogP contribution >= 0.6 is 0 Å². The van der Waals surface area contributed by atoms with Crippen molar-refractivity contribution in [3.8, 4) is 0 Å². The van der Waals surface area contributed by atoms with Gasteiger partial charge in [0.25, 0.3) is 5.56 Å². The van der Waals surface area contributed by atoms with E-state index >= 15 is 0 Å². The van der Waals surface area contributed by atoms with E-state index in [-0.39, 0.29) is 18.0 Å². The number of aromatic nitrogens is 2. The number of benzene rings is 1. The molecule has 1 aromatic heterocycles. The zero-order chi connectivity index (χ0) is 15.4. The lowest BCUT2D eigenvalue weighted by molar-refractivity contribution is -0.116. The van der Waals surface area contributed by atoms with Gasteiger partial charge in [-0.3, -0.25) is 14.2 Å². The highest BCUT2D eigenvalue weighted by Gasteiger charge is 2.07. The van der Waals surface area contributed by atoms with Gasteiger partial charge < -0.3 is 5.32 Å². The summed E-state index contributed by atoms with van der Waals surface area (Å²) in [6, 6.07) is 7.26. The third kappa shape index (κ3) is 3.78. The molecule has 1 aromatic carbocycles. The molecule has 0 bridgehead atoms. The Morgan fingerprint density at radius 2 is 2.05 bits per heavy atom. The molecule has 2 rings (SSSR count). The van der Waals surface area contributed by atoms with Crippen LogP contribution < -0.4 is 10.9 Å². The van der Waals surface area contributed by atoms with Crippen molar-refractivity contribution >= 4 is 11.6 Å². The van der Waals surface area contributed by atoms with E-state index in [9.17, 15) is 9.59 Å². The van der Waals surface area contributed by atoms with Crippen LogP contribution in [0.1, 0.15) is 23.7 Å². The lowest BCUT2D eigenvalue weighted by Crippen LogP contribution is -2.28. The number of carbonyl (C=O) groups is 1. The average molecular weight is 285 g/mol. The Morgan fingerprint density at radius 3 is 2.67 bits per heavy atom. The van der Waals surface area contributed by atoms with Crippen LogP contribution in [-0.4, -0.2) is 15.5 Å². The van der Waals surface area contributed by atoms with Crippen molar-refractivity contribution in [2.24, 2.45) is 0 Å². The first-order valence-electron chi connectivity index (χ1n) is 6.92. The second kappa shape index (κ2) is 6.35.